The third-order valence-electron chi connectivity index (χ3n) is 2.54. The molecule has 106 valence electrons. The fourth-order valence-electron chi connectivity index (χ4n) is 1.65. The molecule has 2 N–H and O–H groups in total. The molecule has 0 unspecified atom stereocenters. The van der Waals surface area contributed by atoms with E-state index in [1.54, 1.807) is 30.3 Å². The molecule has 0 bridgehead atoms. The zero-order chi connectivity index (χ0) is 14.8. The molecule has 7 heteroatoms. The molecule has 0 fully saturated rings. The van der Waals surface area contributed by atoms with Gasteiger partial charge in [0.1, 0.15) is 11.6 Å². The second-order valence-electron chi connectivity index (χ2n) is 4.38. The Balaban J connectivity index is 2.07. The van der Waals surface area contributed by atoms with Crippen LogP contribution < -0.4 is 5.73 Å². The highest BCUT2D eigenvalue weighted by Crippen LogP contribution is 2.23. The Morgan fingerprint density at radius 3 is 2.40 bits per heavy atom. The van der Waals surface area contributed by atoms with Crippen molar-refractivity contribution in [3.05, 3.63) is 41.9 Å². The molecule has 5 nitrogen and oxygen atoms in total. The third kappa shape index (κ3) is 3.94. The molecule has 0 saturated heterocycles. The van der Waals surface area contributed by atoms with Crippen molar-refractivity contribution in [2.75, 3.05) is 12.0 Å². The van der Waals surface area contributed by atoms with Crippen LogP contribution in [0.15, 0.2) is 40.1 Å². The standard InChI is InChI=1S/C13H15N3O2S2/c1-9-7-12(14)16-13(15-9)8-19-10-3-5-11(6-4-10)20(2,17)18/h3-7H,8H2,1-2H3,(H2,14,15,16). The predicted octanol–water partition coefficient (Wildman–Crippen LogP) is 2.06. The number of nitrogen functional groups attached to an aromatic ring is 1. The first-order chi connectivity index (χ1) is 9.34. The number of aromatic nitrogens is 2. The van der Waals surface area contributed by atoms with Gasteiger partial charge in [0.25, 0.3) is 0 Å². The molecule has 20 heavy (non-hydrogen) atoms. The van der Waals surface area contributed by atoms with Gasteiger partial charge in [0, 0.05) is 22.9 Å². The number of sulfone groups is 1. The fraction of sp³-hybridized carbons (Fsp3) is 0.231. The lowest BCUT2D eigenvalue weighted by Gasteiger charge is -2.04. The highest BCUT2D eigenvalue weighted by molar-refractivity contribution is 7.98. The van der Waals surface area contributed by atoms with Crippen molar-refractivity contribution in [2.24, 2.45) is 0 Å². The minimum absolute atomic E-state index is 0.318. The van der Waals surface area contributed by atoms with E-state index in [2.05, 4.69) is 9.97 Å². The quantitative estimate of drug-likeness (QED) is 0.870. The average Bonchev–Trinajstić information content (AvgIpc) is 2.35. The van der Waals surface area contributed by atoms with Crippen LogP contribution in [0.1, 0.15) is 11.5 Å². The van der Waals surface area contributed by atoms with Crippen LogP contribution in [0.2, 0.25) is 0 Å². The van der Waals surface area contributed by atoms with Gasteiger partial charge in [-0.2, -0.15) is 0 Å². The van der Waals surface area contributed by atoms with Crippen LogP contribution in [0, 0.1) is 6.92 Å². The van der Waals surface area contributed by atoms with E-state index in [0.29, 0.717) is 22.3 Å². The van der Waals surface area contributed by atoms with Crippen molar-refractivity contribution < 1.29 is 8.42 Å². The number of rotatable bonds is 4. The molecule has 0 aliphatic heterocycles. The van der Waals surface area contributed by atoms with Crippen molar-refractivity contribution in [1.29, 1.82) is 0 Å². The van der Waals surface area contributed by atoms with Crippen LogP contribution in [0.3, 0.4) is 0 Å². The van der Waals surface area contributed by atoms with Crippen molar-refractivity contribution in [3.8, 4) is 0 Å². The van der Waals surface area contributed by atoms with Crippen molar-refractivity contribution in [2.45, 2.75) is 22.5 Å². The summed E-state index contributed by atoms with van der Waals surface area (Å²) in [5.41, 5.74) is 6.50. The van der Waals surface area contributed by atoms with Crippen molar-refractivity contribution in [1.82, 2.24) is 9.97 Å². The summed E-state index contributed by atoms with van der Waals surface area (Å²) in [6.45, 7) is 1.87. The van der Waals surface area contributed by atoms with Gasteiger partial charge in [-0.25, -0.2) is 18.4 Å². The Hall–Kier alpha value is -1.60. The smallest absolute Gasteiger partial charge is 0.175 e. The van der Waals surface area contributed by atoms with Gasteiger partial charge in [-0.05, 0) is 31.2 Å². The van der Waals surface area contributed by atoms with Crippen LogP contribution in [0.4, 0.5) is 5.82 Å². The minimum Gasteiger partial charge on any atom is -0.384 e. The number of aryl methyl sites for hydroxylation is 1. The first-order valence-electron chi connectivity index (χ1n) is 5.87. The van der Waals surface area contributed by atoms with E-state index in [-0.39, 0.29) is 0 Å². The molecule has 0 aliphatic rings. The summed E-state index contributed by atoms with van der Waals surface area (Å²) >= 11 is 1.53. The first kappa shape index (κ1) is 14.8. The second-order valence-corrected chi connectivity index (χ2v) is 7.45. The zero-order valence-electron chi connectivity index (χ0n) is 11.2. The number of nitrogens with two attached hydrogens (primary N) is 1. The van der Waals surface area contributed by atoms with E-state index in [1.807, 2.05) is 6.92 Å². The zero-order valence-corrected chi connectivity index (χ0v) is 12.8. The lowest BCUT2D eigenvalue weighted by molar-refractivity contribution is 0.602. The van der Waals surface area contributed by atoms with Gasteiger partial charge in [0.15, 0.2) is 9.84 Å². The van der Waals surface area contributed by atoms with Crippen LogP contribution in [-0.2, 0) is 15.6 Å². The maximum atomic E-state index is 11.4. The SMILES string of the molecule is Cc1cc(N)nc(CSc2ccc(S(C)(=O)=O)cc2)n1. The highest BCUT2D eigenvalue weighted by atomic mass is 32.2. The molecule has 0 amide bonds. The topological polar surface area (TPSA) is 85.9 Å². The molecule has 0 aliphatic carbocycles. The minimum atomic E-state index is -3.15. The van der Waals surface area contributed by atoms with Gasteiger partial charge >= 0.3 is 0 Å². The molecular weight excluding hydrogens is 294 g/mol. The Bertz CT molecular complexity index is 693. The molecule has 1 aromatic carbocycles. The first-order valence-corrected chi connectivity index (χ1v) is 8.75. The van der Waals surface area contributed by atoms with Gasteiger partial charge in [-0.15, -0.1) is 11.8 Å². The maximum absolute atomic E-state index is 11.4. The summed E-state index contributed by atoms with van der Waals surface area (Å²) in [7, 11) is -3.15. The number of hydrogen-bond acceptors (Lipinski definition) is 6. The summed E-state index contributed by atoms with van der Waals surface area (Å²) in [5.74, 6) is 1.71. The molecule has 0 spiro atoms. The summed E-state index contributed by atoms with van der Waals surface area (Å²) < 4.78 is 22.7. The maximum Gasteiger partial charge on any atom is 0.175 e. The predicted molar refractivity (Wildman–Crippen MR) is 80.3 cm³/mol. The molecule has 0 radical (unpaired) electrons. The normalized spacial score (nSPS) is 11.5. The molecule has 2 rings (SSSR count). The average molecular weight is 309 g/mol. The summed E-state index contributed by atoms with van der Waals surface area (Å²) in [6.07, 6.45) is 1.19. The molecule has 0 atom stereocenters. The lowest BCUT2D eigenvalue weighted by atomic mass is 10.4. The van der Waals surface area contributed by atoms with Crippen molar-refractivity contribution in [3.63, 3.8) is 0 Å². The van der Waals surface area contributed by atoms with Gasteiger partial charge in [-0.3, -0.25) is 0 Å². The van der Waals surface area contributed by atoms with E-state index >= 15 is 0 Å². The Morgan fingerprint density at radius 2 is 1.85 bits per heavy atom. The van der Waals surface area contributed by atoms with E-state index in [0.717, 1.165) is 10.6 Å². The monoisotopic (exact) mass is 309 g/mol. The Morgan fingerprint density at radius 1 is 1.20 bits per heavy atom. The number of thioether (sulfide) groups is 1. The lowest BCUT2D eigenvalue weighted by Crippen LogP contribution is -2.00. The third-order valence-corrected chi connectivity index (χ3v) is 4.68. The summed E-state index contributed by atoms with van der Waals surface area (Å²) in [6, 6.07) is 8.47. The highest BCUT2D eigenvalue weighted by Gasteiger charge is 2.07. The van der Waals surface area contributed by atoms with Gasteiger partial charge < -0.3 is 5.73 Å². The van der Waals surface area contributed by atoms with Gasteiger partial charge in [-0.1, -0.05) is 0 Å². The Kier molecular flexibility index (Phi) is 4.29. The van der Waals surface area contributed by atoms with E-state index < -0.39 is 9.84 Å². The molecular formula is C13H15N3O2S2. The number of benzene rings is 1. The fourth-order valence-corrected chi connectivity index (χ4v) is 3.04. The Labute approximate surface area is 122 Å². The van der Waals surface area contributed by atoms with E-state index in [4.69, 9.17) is 5.73 Å². The summed E-state index contributed by atoms with van der Waals surface area (Å²) in [5, 5.41) is 0. The number of hydrogen-bond donors (Lipinski definition) is 1. The molecule has 0 saturated carbocycles. The van der Waals surface area contributed by atoms with Gasteiger partial charge in [0.2, 0.25) is 0 Å². The number of anilines is 1. The van der Waals surface area contributed by atoms with Crippen LogP contribution in [0.25, 0.3) is 0 Å². The van der Waals surface area contributed by atoms with Gasteiger partial charge in [0.05, 0.1) is 10.6 Å². The van der Waals surface area contributed by atoms with Crippen LogP contribution >= 0.6 is 11.8 Å². The largest absolute Gasteiger partial charge is 0.384 e. The number of nitrogens with zero attached hydrogens (tertiary/aromatic N) is 2. The van der Waals surface area contributed by atoms with Crippen LogP contribution in [-0.4, -0.2) is 24.6 Å². The van der Waals surface area contributed by atoms with E-state index in [9.17, 15) is 8.42 Å². The molecule has 2 aromatic rings. The van der Waals surface area contributed by atoms with Crippen molar-refractivity contribution >= 4 is 27.4 Å². The van der Waals surface area contributed by atoms with Crippen LogP contribution in [0.5, 0.6) is 0 Å². The molecule has 1 heterocycles. The molecule has 1 aromatic heterocycles. The van der Waals surface area contributed by atoms with E-state index in [1.165, 1.54) is 18.0 Å². The summed E-state index contributed by atoms with van der Waals surface area (Å²) in [4.78, 5) is 9.73. The second kappa shape index (κ2) is 5.80.